The Morgan fingerprint density at radius 3 is 2.88 bits per heavy atom. The van der Waals surface area contributed by atoms with E-state index in [0.29, 0.717) is 23.5 Å². The summed E-state index contributed by atoms with van der Waals surface area (Å²) in [5, 5.41) is 3.44. The molecule has 0 aliphatic rings. The third kappa shape index (κ3) is 3.39. The molecular formula is C11H13N3O3. The molecule has 0 aromatic heterocycles. The summed E-state index contributed by atoms with van der Waals surface area (Å²) in [4.78, 5) is 14.1. The van der Waals surface area contributed by atoms with Crippen LogP contribution in [0.4, 0.5) is 0 Å². The molecule has 0 radical (unpaired) electrons. The van der Waals surface area contributed by atoms with Crippen LogP contribution in [-0.4, -0.2) is 19.7 Å². The summed E-state index contributed by atoms with van der Waals surface area (Å²) < 4.78 is 9.95. The molecule has 6 heteroatoms. The van der Waals surface area contributed by atoms with Crippen LogP contribution >= 0.6 is 0 Å². The van der Waals surface area contributed by atoms with Crippen LogP contribution < -0.4 is 4.74 Å². The van der Waals surface area contributed by atoms with Gasteiger partial charge in [-0.25, -0.2) is 4.79 Å². The zero-order valence-corrected chi connectivity index (χ0v) is 9.71. The van der Waals surface area contributed by atoms with Gasteiger partial charge in [0.15, 0.2) is 0 Å². The Hall–Kier alpha value is -2.20. The Morgan fingerprint density at radius 2 is 2.29 bits per heavy atom. The lowest BCUT2D eigenvalue weighted by Crippen LogP contribution is -2.06. The molecule has 90 valence electrons. The molecule has 6 nitrogen and oxygen atoms in total. The van der Waals surface area contributed by atoms with E-state index in [-0.39, 0.29) is 6.54 Å². The summed E-state index contributed by atoms with van der Waals surface area (Å²) in [6.45, 7) is 2.47. The number of rotatable bonds is 5. The summed E-state index contributed by atoms with van der Waals surface area (Å²) in [6, 6.07) is 4.94. The summed E-state index contributed by atoms with van der Waals surface area (Å²) in [5.74, 6) is 0.166. The SMILES string of the molecule is CCOc1ccc(C(=O)OC)c(CN=[N+]=[N-])c1. The molecule has 1 aromatic rings. The number of methoxy groups -OCH3 is 1. The number of carbonyl (C=O) groups excluding carboxylic acids is 1. The van der Waals surface area contributed by atoms with Crippen molar-refractivity contribution in [2.24, 2.45) is 5.11 Å². The van der Waals surface area contributed by atoms with Crippen molar-refractivity contribution in [2.75, 3.05) is 13.7 Å². The average molecular weight is 235 g/mol. The number of hydrogen-bond donors (Lipinski definition) is 0. The Labute approximate surface area is 98.8 Å². The van der Waals surface area contributed by atoms with Crippen molar-refractivity contribution in [1.29, 1.82) is 0 Å². The van der Waals surface area contributed by atoms with Crippen molar-refractivity contribution >= 4 is 5.97 Å². The van der Waals surface area contributed by atoms with Crippen molar-refractivity contribution in [2.45, 2.75) is 13.5 Å². The number of hydrogen-bond acceptors (Lipinski definition) is 4. The van der Waals surface area contributed by atoms with Crippen LogP contribution in [0.5, 0.6) is 5.75 Å². The first-order chi connectivity index (χ1) is 8.22. The maximum Gasteiger partial charge on any atom is 0.338 e. The van der Waals surface area contributed by atoms with Gasteiger partial charge in [-0.3, -0.25) is 0 Å². The molecule has 17 heavy (non-hydrogen) atoms. The monoisotopic (exact) mass is 235 g/mol. The van der Waals surface area contributed by atoms with Crippen molar-refractivity contribution in [3.8, 4) is 5.75 Å². The second kappa shape index (κ2) is 6.40. The minimum absolute atomic E-state index is 0.0852. The fraction of sp³-hybridized carbons (Fsp3) is 0.364. The number of nitrogens with zero attached hydrogens (tertiary/aromatic N) is 3. The summed E-state index contributed by atoms with van der Waals surface area (Å²) >= 11 is 0. The molecule has 1 aromatic carbocycles. The van der Waals surface area contributed by atoms with Crippen LogP contribution in [-0.2, 0) is 11.3 Å². The molecule has 1 rings (SSSR count). The molecule has 0 aliphatic heterocycles. The molecule has 0 saturated carbocycles. The van der Waals surface area contributed by atoms with E-state index in [4.69, 9.17) is 10.3 Å². The molecule has 0 saturated heterocycles. The molecular weight excluding hydrogens is 222 g/mol. The van der Waals surface area contributed by atoms with Gasteiger partial charge in [0.05, 0.1) is 25.8 Å². The van der Waals surface area contributed by atoms with Crippen molar-refractivity contribution in [3.05, 3.63) is 39.8 Å². The van der Waals surface area contributed by atoms with Gasteiger partial charge in [-0.2, -0.15) is 0 Å². The van der Waals surface area contributed by atoms with Gasteiger partial charge >= 0.3 is 5.97 Å². The lowest BCUT2D eigenvalue weighted by molar-refractivity contribution is 0.0599. The Balaban J connectivity index is 3.10. The summed E-state index contributed by atoms with van der Waals surface area (Å²) in [6.07, 6.45) is 0. The highest BCUT2D eigenvalue weighted by Gasteiger charge is 2.12. The lowest BCUT2D eigenvalue weighted by Gasteiger charge is -2.08. The minimum atomic E-state index is -0.462. The average Bonchev–Trinajstić information content (AvgIpc) is 2.36. The number of carbonyl (C=O) groups is 1. The molecule has 0 atom stereocenters. The summed E-state index contributed by atoms with van der Waals surface area (Å²) in [7, 11) is 1.30. The van der Waals surface area contributed by atoms with Crippen LogP contribution in [0.15, 0.2) is 23.3 Å². The summed E-state index contributed by atoms with van der Waals surface area (Å²) in [5.41, 5.74) is 9.26. The normalized spacial score (nSPS) is 9.29. The van der Waals surface area contributed by atoms with E-state index in [1.165, 1.54) is 7.11 Å². The molecule has 0 aliphatic carbocycles. The van der Waals surface area contributed by atoms with Crippen LogP contribution in [0.1, 0.15) is 22.8 Å². The van der Waals surface area contributed by atoms with Gasteiger partial charge in [-0.05, 0) is 36.2 Å². The Kier molecular flexibility index (Phi) is 4.84. The van der Waals surface area contributed by atoms with E-state index in [9.17, 15) is 4.79 Å². The Bertz CT molecular complexity index is 453. The second-order valence-corrected chi connectivity index (χ2v) is 3.13. The molecule has 0 unspecified atom stereocenters. The van der Waals surface area contributed by atoms with Gasteiger partial charge in [-0.15, -0.1) is 0 Å². The second-order valence-electron chi connectivity index (χ2n) is 3.13. The van der Waals surface area contributed by atoms with E-state index in [0.717, 1.165) is 0 Å². The topological polar surface area (TPSA) is 84.3 Å². The number of azide groups is 1. The van der Waals surface area contributed by atoms with Gasteiger partial charge in [0.1, 0.15) is 5.75 Å². The van der Waals surface area contributed by atoms with Crippen LogP contribution in [0.3, 0.4) is 0 Å². The standard InChI is InChI=1S/C11H13N3O3/c1-3-17-9-4-5-10(11(15)16-2)8(6-9)7-13-14-12/h4-6H,3,7H2,1-2H3. The van der Waals surface area contributed by atoms with Crippen molar-refractivity contribution in [1.82, 2.24) is 0 Å². The minimum Gasteiger partial charge on any atom is -0.494 e. The first kappa shape index (κ1) is 12.9. The van der Waals surface area contributed by atoms with E-state index in [1.54, 1.807) is 18.2 Å². The third-order valence-corrected chi connectivity index (χ3v) is 2.10. The zero-order chi connectivity index (χ0) is 12.7. The van der Waals surface area contributed by atoms with E-state index < -0.39 is 5.97 Å². The highest BCUT2D eigenvalue weighted by molar-refractivity contribution is 5.91. The Morgan fingerprint density at radius 1 is 1.53 bits per heavy atom. The molecule has 0 heterocycles. The van der Waals surface area contributed by atoms with Crippen LogP contribution in [0.2, 0.25) is 0 Å². The molecule has 0 bridgehead atoms. The van der Waals surface area contributed by atoms with E-state index in [1.807, 2.05) is 6.92 Å². The number of benzene rings is 1. The van der Waals surface area contributed by atoms with Gasteiger partial charge in [0, 0.05) is 4.91 Å². The zero-order valence-electron chi connectivity index (χ0n) is 9.71. The van der Waals surface area contributed by atoms with Gasteiger partial charge in [0.2, 0.25) is 0 Å². The predicted molar refractivity (Wildman–Crippen MR) is 61.8 cm³/mol. The number of esters is 1. The smallest absolute Gasteiger partial charge is 0.338 e. The first-order valence-electron chi connectivity index (χ1n) is 5.07. The van der Waals surface area contributed by atoms with Crippen LogP contribution in [0, 0.1) is 0 Å². The van der Waals surface area contributed by atoms with Crippen molar-refractivity contribution in [3.63, 3.8) is 0 Å². The largest absolute Gasteiger partial charge is 0.494 e. The first-order valence-corrected chi connectivity index (χ1v) is 5.07. The molecule has 0 spiro atoms. The maximum absolute atomic E-state index is 11.5. The molecule has 0 amide bonds. The van der Waals surface area contributed by atoms with E-state index >= 15 is 0 Å². The number of ether oxygens (including phenoxy) is 2. The highest BCUT2D eigenvalue weighted by atomic mass is 16.5. The highest BCUT2D eigenvalue weighted by Crippen LogP contribution is 2.19. The van der Waals surface area contributed by atoms with Gasteiger partial charge in [-0.1, -0.05) is 5.11 Å². The fourth-order valence-corrected chi connectivity index (χ4v) is 1.37. The molecule has 0 fully saturated rings. The third-order valence-electron chi connectivity index (χ3n) is 2.10. The van der Waals surface area contributed by atoms with Gasteiger partial charge in [0.25, 0.3) is 0 Å². The predicted octanol–water partition coefficient (Wildman–Crippen LogP) is 2.68. The maximum atomic E-state index is 11.5. The van der Waals surface area contributed by atoms with Gasteiger partial charge < -0.3 is 9.47 Å². The van der Waals surface area contributed by atoms with Crippen molar-refractivity contribution < 1.29 is 14.3 Å². The van der Waals surface area contributed by atoms with Crippen LogP contribution in [0.25, 0.3) is 10.4 Å². The quantitative estimate of drug-likeness (QED) is 0.340. The lowest BCUT2D eigenvalue weighted by atomic mass is 10.1. The van der Waals surface area contributed by atoms with E-state index in [2.05, 4.69) is 14.8 Å². The molecule has 0 N–H and O–H groups in total. The fourth-order valence-electron chi connectivity index (χ4n) is 1.37.